The second-order valence-electron chi connectivity index (χ2n) is 9.70. The molecule has 0 aliphatic carbocycles. The van der Waals surface area contributed by atoms with Gasteiger partial charge in [0.25, 0.3) is 0 Å². The third-order valence-corrected chi connectivity index (χ3v) is 1.88. The van der Waals surface area contributed by atoms with Gasteiger partial charge in [0.15, 0.2) is 0 Å². The van der Waals surface area contributed by atoms with Crippen LogP contribution >= 0.6 is 0 Å². The molecule has 154 valence electrons. The Bertz CT molecular complexity index is 310. The summed E-state index contributed by atoms with van der Waals surface area (Å²) < 4.78 is 0. The Morgan fingerprint density at radius 1 is 0.720 bits per heavy atom. The van der Waals surface area contributed by atoms with Crippen molar-refractivity contribution in [3.63, 3.8) is 0 Å². The minimum atomic E-state index is -0.241. The van der Waals surface area contributed by atoms with Crippen molar-refractivity contribution in [1.29, 1.82) is 0 Å². The number of amides is 2. The van der Waals surface area contributed by atoms with Crippen LogP contribution < -0.4 is 10.6 Å². The second-order valence-corrected chi connectivity index (χ2v) is 9.70. The number of rotatable bonds is 1. The van der Waals surface area contributed by atoms with Crippen molar-refractivity contribution >= 4 is 11.8 Å². The Balaban J connectivity index is -0.000000126. The highest BCUT2D eigenvalue weighted by Gasteiger charge is 2.18. The first kappa shape index (κ1) is 31.7. The largest absolute Gasteiger partial charge is 0.359 e. The quantitative estimate of drug-likeness (QED) is 0.669. The summed E-state index contributed by atoms with van der Waals surface area (Å²) in [4.78, 5) is 21.4. The second kappa shape index (κ2) is 16.4. The van der Waals surface area contributed by atoms with E-state index < -0.39 is 0 Å². The van der Waals surface area contributed by atoms with E-state index in [2.05, 4.69) is 52.2 Å². The molecule has 0 heterocycles. The number of carbonyl (C=O) groups excluding carboxylic acids is 2. The Hall–Kier alpha value is -1.06. The molecule has 2 N–H and O–H groups in total. The molecule has 0 aromatic rings. The lowest BCUT2D eigenvalue weighted by Crippen LogP contribution is -2.31. The highest BCUT2D eigenvalue weighted by atomic mass is 16.2. The van der Waals surface area contributed by atoms with E-state index >= 15 is 0 Å². The molecule has 4 heteroatoms. The van der Waals surface area contributed by atoms with E-state index in [1.807, 2.05) is 41.5 Å². The van der Waals surface area contributed by atoms with Crippen LogP contribution in [0.4, 0.5) is 0 Å². The lowest BCUT2D eigenvalue weighted by atomic mass is 9.92. The average molecular weight is 361 g/mol. The Morgan fingerprint density at radius 3 is 1.04 bits per heavy atom. The third kappa shape index (κ3) is 51.8. The molecule has 0 aliphatic heterocycles. The number of carbonyl (C=O) groups is 2. The number of hydrogen-bond acceptors (Lipinski definition) is 2. The molecule has 0 saturated carbocycles. The van der Waals surface area contributed by atoms with Crippen LogP contribution in [0, 0.1) is 22.7 Å². The van der Waals surface area contributed by atoms with Crippen LogP contribution in [0.2, 0.25) is 0 Å². The maximum absolute atomic E-state index is 10.7. The molecule has 0 radical (unpaired) electrons. The zero-order chi connectivity index (χ0) is 21.4. The lowest BCUT2D eigenvalue weighted by molar-refractivity contribution is -0.128. The Labute approximate surface area is 158 Å². The predicted molar refractivity (Wildman–Crippen MR) is 113 cm³/mol. The molecule has 0 atom stereocenters. The SMILES string of the molecule is CC(C)C.CC(C)C.CNC(=O)C(C)(C)C.CNC(=O)CC(C)(C)C. The van der Waals surface area contributed by atoms with E-state index in [4.69, 9.17) is 0 Å². The summed E-state index contributed by atoms with van der Waals surface area (Å²) in [6, 6.07) is 0. The van der Waals surface area contributed by atoms with E-state index in [0.29, 0.717) is 6.42 Å². The number of hydrogen-bond donors (Lipinski definition) is 2. The monoisotopic (exact) mass is 360 g/mol. The van der Waals surface area contributed by atoms with Gasteiger partial charge in [-0.15, -0.1) is 0 Å². The van der Waals surface area contributed by atoms with Gasteiger partial charge in [0, 0.05) is 25.9 Å². The van der Waals surface area contributed by atoms with Gasteiger partial charge in [-0.25, -0.2) is 0 Å². The van der Waals surface area contributed by atoms with Crippen LogP contribution in [0.5, 0.6) is 0 Å². The van der Waals surface area contributed by atoms with Gasteiger partial charge in [-0.3, -0.25) is 9.59 Å². The highest BCUT2D eigenvalue weighted by Crippen LogP contribution is 2.17. The van der Waals surface area contributed by atoms with Crippen molar-refractivity contribution in [3.05, 3.63) is 0 Å². The molecular formula is C21H48N2O2. The fraction of sp³-hybridized carbons (Fsp3) is 0.905. The minimum Gasteiger partial charge on any atom is -0.359 e. The molecule has 25 heavy (non-hydrogen) atoms. The molecule has 4 nitrogen and oxygen atoms in total. The van der Waals surface area contributed by atoms with Crippen molar-refractivity contribution in [2.45, 2.75) is 89.5 Å². The van der Waals surface area contributed by atoms with Crippen molar-refractivity contribution in [1.82, 2.24) is 10.6 Å². The van der Waals surface area contributed by atoms with Crippen molar-refractivity contribution in [2.75, 3.05) is 14.1 Å². The molecule has 0 bridgehead atoms. The van der Waals surface area contributed by atoms with Gasteiger partial charge < -0.3 is 10.6 Å². The van der Waals surface area contributed by atoms with Crippen LogP contribution in [0.25, 0.3) is 0 Å². The van der Waals surface area contributed by atoms with Gasteiger partial charge in [-0.1, -0.05) is 83.1 Å². The maximum atomic E-state index is 10.7. The summed E-state index contributed by atoms with van der Waals surface area (Å²) in [6.45, 7) is 24.8. The van der Waals surface area contributed by atoms with Gasteiger partial charge in [-0.2, -0.15) is 0 Å². The van der Waals surface area contributed by atoms with Crippen LogP contribution in [0.15, 0.2) is 0 Å². The summed E-state index contributed by atoms with van der Waals surface area (Å²) in [5.74, 6) is 1.86. The van der Waals surface area contributed by atoms with E-state index in [0.717, 1.165) is 11.8 Å². The average Bonchev–Trinajstić information content (AvgIpc) is 2.33. The van der Waals surface area contributed by atoms with Gasteiger partial charge in [-0.05, 0) is 17.3 Å². The van der Waals surface area contributed by atoms with Crippen LogP contribution in [-0.2, 0) is 9.59 Å². The molecule has 0 saturated heterocycles. The normalized spacial score (nSPS) is 10.4. The molecule has 0 rings (SSSR count). The molecule has 0 unspecified atom stereocenters. The first-order valence-electron chi connectivity index (χ1n) is 9.33. The van der Waals surface area contributed by atoms with Crippen LogP contribution in [0.3, 0.4) is 0 Å². The minimum absolute atomic E-state index is 0.0810. The standard InChI is InChI=1S/C7H15NO.C6H13NO.2C4H10/c1-7(2,3)5-6(9)8-4;1-6(2,3)5(8)7-4;2*1-4(2)3/h5H2,1-4H3,(H,8,9);1-4H3,(H,7,8);2*4H,1-3H3. The van der Waals surface area contributed by atoms with E-state index in [1.54, 1.807) is 14.1 Å². The first-order valence-corrected chi connectivity index (χ1v) is 9.33. The molecule has 0 fully saturated rings. The summed E-state index contributed by atoms with van der Waals surface area (Å²) >= 11 is 0. The van der Waals surface area contributed by atoms with E-state index in [9.17, 15) is 9.59 Å². The summed E-state index contributed by atoms with van der Waals surface area (Å²) in [5.41, 5.74) is -0.130. The van der Waals surface area contributed by atoms with Crippen LogP contribution in [0.1, 0.15) is 89.5 Å². The smallest absolute Gasteiger partial charge is 0.225 e. The zero-order valence-corrected chi connectivity index (χ0v) is 19.7. The third-order valence-electron chi connectivity index (χ3n) is 1.88. The topological polar surface area (TPSA) is 58.2 Å². The van der Waals surface area contributed by atoms with Crippen molar-refractivity contribution in [2.24, 2.45) is 22.7 Å². The van der Waals surface area contributed by atoms with Gasteiger partial charge >= 0.3 is 0 Å². The predicted octanol–water partition coefficient (Wildman–Crippen LogP) is 5.27. The molecule has 0 aromatic heterocycles. The molecule has 0 spiro atoms. The summed E-state index contributed by atoms with van der Waals surface area (Å²) in [7, 11) is 3.31. The molecular weight excluding hydrogens is 312 g/mol. The maximum Gasteiger partial charge on any atom is 0.225 e. The first-order chi connectivity index (χ1) is 10.9. The molecule has 0 aliphatic rings. The fourth-order valence-corrected chi connectivity index (χ4v) is 0.945. The number of nitrogens with one attached hydrogen (secondary N) is 2. The van der Waals surface area contributed by atoms with Gasteiger partial charge in [0.1, 0.15) is 0 Å². The van der Waals surface area contributed by atoms with Crippen molar-refractivity contribution in [3.8, 4) is 0 Å². The zero-order valence-electron chi connectivity index (χ0n) is 19.7. The Morgan fingerprint density at radius 2 is 1.00 bits per heavy atom. The fourth-order valence-electron chi connectivity index (χ4n) is 0.945. The van der Waals surface area contributed by atoms with Gasteiger partial charge in [0.05, 0.1) is 0 Å². The lowest BCUT2D eigenvalue weighted by Gasteiger charge is -2.15. The molecule has 0 aromatic carbocycles. The Kier molecular flexibility index (Phi) is 20.8. The van der Waals surface area contributed by atoms with Crippen LogP contribution in [-0.4, -0.2) is 25.9 Å². The highest BCUT2D eigenvalue weighted by molar-refractivity contribution is 5.80. The summed E-state index contributed by atoms with van der Waals surface area (Å²) in [5, 5.41) is 5.15. The van der Waals surface area contributed by atoms with Gasteiger partial charge in [0.2, 0.25) is 11.8 Å². The molecule has 2 amide bonds. The van der Waals surface area contributed by atoms with E-state index in [-0.39, 0.29) is 22.6 Å². The summed E-state index contributed by atoms with van der Waals surface area (Å²) in [6.07, 6.45) is 0.601. The van der Waals surface area contributed by atoms with E-state index in [1.165, 1.54) is 0 Å². The van der Waals surface area contributed by atoms with Crippen molar-refractivity contribution < 1.29 is 9.59 Å².